The lowest BCUT2D eigenvalue weighted by Crippen LogP contribution is -2.22. The van der Waals surface area contributed by atoms with Crippen LogP contribution in [0.3, 0.4) is 0 Å². The number of rotatable bonds is 4. The maximum absolute atomic E-state index is 12.6. The van der Waals surface area contributed by atoms with Gasteiger partial charge in [0.1, 0.15) is 5.52 Å². The van der Waals surface area contributed by atoms with E-state index in [4.69, 9.17) is 5.11 Å². The number of aromatic nitrogens is 6. The van der Waals surface area contributed by atoms with Crippen LogP contribution in [-0.2, 0) is 0 Å². The molecule has 0 radical (unpaired) electrons. The van der Waals surface area contributed by atoms with Gasteiger partial charge in [-0.1, -0.05) is 13.3 Å². The molecule has 3 aromatic heterocycles. The zero-order chi connectivity index (χ0) is 18.3. The third-order valence-corrected chi connectivity index (χ3v) is 5.23. The number of fused-ring (bicyclic) bond motifs is 1. The van der Waals surface area contributed by atoms with Crippen molar-refractivity contribution in [2.45, 2.75) is 45.1 Å². The summed E-state index contributed by atoms with van der Waals surface area (Å²) in [6, 6.07) is 0.215. The number of aromatic carboxylic acids is 1. The van der Waals surface area contributed by atoms with E-state index >= 15 is 0 Å². The second-order valence-corrected chi connectivity index (χ2v) is 6.77. The Morgan fingerprint density at radius 2 is 2.04 bits per heavy atom. The molecule has 0 saturated heterocycles. The van der Waals surface area contributed by atoms with Gasteiger partial charge < -0.3 is 5.11 Å². The molecule has 136 valence electrons. The van der Waals surface area contributed by atoms with Crippen molar-refractivity contribution in [2.75, 3.05) is 0 Å². The lowest BCUT2D eigenvalue weighted by Gasteiger charge is -2.28. The number of nitrogens with zero attached hydrogens (tertiary/aromatic N) is 5. The van der Waals surface area contributed by atoms with Gasteiger partial charge >= 0.3 is 5.97 Å². The van der Waals surface area contributed by atoms with Crippen LogP contribution in [0.4, 0.5) is 0 Å². The average Bonchev–Trinajstić information content (AvgIpc) is 3.29. The quantitative estimate of drug-likeness (QED) is 0.739. The normalized spacial score (nSPS) is 20.5. The Kier molecular flexibility index (Phi) is 4.06. The van der Waals surface area contributed by atoms with Crippen molar-refractivity contribution in [1.82, 2.24) is 29.5 Å². The molecule has 0 bridgehead atoms. The molecule has 2 N–H and O–H groups in total. The Hall–Kier alpha value is -2.97. The van der Waals surface area contributed by atoms with Gasteiger partial charge in [0.2, 0.25) is 5.95 Å². The maximum atomic E-state index is 12.6. The van der Waals surface area contributed by atoms with Crippen molar-refractivity contribution in [3.8, 4) is 5.95 Å². The summed E-state index contributed by atoms with van der Waals surface area (Å²) in [5, 5.41) is 17.4. The summed E-state index contributed by atoms with van der Waals surface area (Å²) in [6.07, 6.45) is 9.62. The molecule has 1 saturated carbocycles. The van der Waals surface area contributed by atoms with E-state index in [1.807, 2.05) is 0 Å². The highest BCUT2D eigenvalue weighted by Gasteiger charge is 2.24. The summed E-state index contributed by atoms with van der Waals surface area (Å²) in [6.45, 7) is 2.22. The maximum Gasteiger partial charge on any atom is 0.338 e. The monoisotopic (exact) mass is 356 g/mol. The van der Waals surface area contributed by atoms with E-state index in [0.717, 1.165) is 31.6 Å². The van der Waals surface area contributed by atoms with E-state index in [9.17, 15) is 9.59 Å². The molecule has 0 atom stereocenters. The predicted molar refractivity (Wildman–Crippen MR) is 93.5 cm³/mol. The van der Waals surface area contributed by atoms with Gasteiger partial charge in [-0.05, 0) is 31.6 Å². The van der Waals surface area contributed by atoms with E-state index in [2.05, 4.69) is 27.1 Å². The molecule has 3 aromatic rings. The van der Waals surface area contributed by atoms with E-state index in [0.29, 0.717) is 11.0 Å². The number of hydrogen-bond donors (Lipinski definition) is 2. The molecule has 9 nitrogen and oxygen atoms in total. The van der Waals surface area contributed by atoms with Crippen molar-refractivity contribution in [3.05, 3.63) is 34.5 Å². The van der Waals surface area contributed by atoms with Crippen LogP contribution >= 0.6 is 0 Å². The average molecular weight is 356 g/mol. The third-order valence-electron chi connectivity index (χ3n) is 5.23. The third kappa shape index (κ3) is 2.79. The van der Waals surface area contributed by atoms with Crippen LogP contribution in [0.15, 0.2) is 23.4 Å². The second kappa shape index (κ2) is 6.40. The Labute approximate surface area is 148 Å². The molecule has 3 heterocycles. The highest BCUT2D eigenvalue weighted by molar-refractivity contribution is 5.87. The van der Waals surface area contributed by atoms with Gasteiger partial charge in [0, 0.05) is 6.20 Å². The molecule has 4 rings (SSSR count). The van der Waals surface area contributed by atoms with E-state index in [1.165, 1.54) is 23.5 Å². The molecule has 0 aliphatic heterocycles. The number of carboxylic acid groups (broad SMARTS) is 1. The second-order valence-electron chi connectivity index (χ2n) is 6.77. The first-order valence-corrected chi connectivity index (χ1v) is 8.82. The summed E-state index contributed by atoms with van der Waals surface area (Å²) >= 11 is 0. The number of carbonyl (C=O) groups is 1. The fraction of sp³-hybridized carbons (Fsp3) is 0.471. The Morgan fingerprint density at radius 3 is 2.69 bits per heavy atom. The van der Waals surface area contributed by atoms with Crippen molar-refractivity contribution in [3.63, 3.8) is 0 Å². The van der Waals surface area contributed by atoms with Crippen LogP contribution in [0.2, 0.25) is 0 Å². The fourth-order valence-electron chi connectivity index (χ4n) is 3.69. The summed E-state index contributed by atoms with van der Waals surface area (Å²) in [5.74, 6) is -0.154. The van der Waals surface area contributed by atoms with Crippen LogP contribution < -0.4 is 5.56 Å². The van der Waals surface area contributed by atoms with Crippen LogP contribution in [0.1, 0.15) is 55.4 Å². The van der Waals surface area contributed by atoms with Crippen LogP contribution in [0, 0.1) is 5.92 Å². The first-order valence-electron chi connectivity index (χ1n) is 8.82. The summed E-state index contributed by atoms with van der Waals surface area (Å²) in [4.78, 5) is 30.7. The SMILES string of the molecule is CCC1CCC(n2ncc3nc(-n4cc(C(=O)O)cn4)[nH]c(=O)c32)CC1. The van der Waals surface area contributed by atoms with Crippen LogP contribution in [-0.4, -0.2) is 40.6 Å². The molecular formula is C17H20N6O3. The summed E-state index contributed by atoms with van der Waals surface area (Å²) < 4.78 is 3.04. The Balaban J connectivity index is 1.69. The minimum atomic E-state index is -1.09. The topological polar surface area (TPSA) is 119 Å². The van der Waals surface area contributed by atoms with Crippen molar-refractivity contribution in [1.29, 1.82) is 0 Å². The van der Waals surface area contributed by atoms with Crippen LogP contribution in [0.25, 0.3) is 17.0 Å². The van der Waals surface area contributed by atoms with Gasteiger partial charge in [-0.2, -0.15) is 10.2 Å². The fourth-order valence-corrected chi connectivity index (χ4v) is 3.69. The molecule has 9 heteroatoms. The predicted octanol–water partition coefficient (Wildman–Crippen LogP) is 2.14. The Bertz CT molecular complexity index is 1010. The molecule has 1 fully saturated rings. The van der Waals surface area contributed by atoms with Gasteiger partial charge in [0.05, 0.1) is 24.0 Å². The van der Waals surface area contributed by atoms with Crippen molar-refractivity contribution < 1.29 is 9.90 Å². The summed E-state index contributed by atoms with van der Waals surface area (Å²) in [5.41, 5.74) is 0.664. The molecule has 1 aliphatic carbocycles. The number of hydrogen-bond acceptors (Lipinski definition) is 5. The smallest absolute Gasteiger partial charge is 0.338 e. The first-order chi connectivity index (χ1) is 12.6. The van der Waals surface area contributed by atoms with E-state index in [1.54, 1.807) is 10.9 Å². The first kappa shape index (κ1) is 16.5. The molecule has 0 aromatic carbocycles. The van der Waals surface area contributed by atoms with Gasteiger partial charge in [0.15, 0.2) is 5.52 Å². The highest BCUT2D eigenvalue weighted by Crippen LogP contribution is 2.34. The largest absolute Gasteiger partial charge is 0.478 e. The van der Waals surface area contributed by atoms with E-state index < -0.39 is 5.97 Å². The van der Waals surface area contributed by atoms with Crippen molar-refractivity contribution in [2.24, 2.45) is 5.92 Å². The molecule has 26 heavy (non-hydrogen) atoms. The Morgan fingerprint density at radius 1 is 1.27 bits per heavy atom. The molecule has 1 aliphatic rings. The zero-order valence-corrected chi connectivity index (χ0v) is 14.4. The summed E-state index contributed by atoms with van der Waals surface area (Å²) in [7, 11) is 0. The molecule has 0 spiro atoms. The highest BCUT2D eigenvalue weighted by atomic mass is 16.4. The lowest BCUT2D eigenvalue weighted by molar-refractivity contribution is 0.0697. The number of carboxylic acids is 1. The van der Waals surface area contributed by atoms with Gasteiger partial charge in [0.25, 0.3) is 5.56 Å². The zero-order valence-electron chi connectivity index (χ0n) is 14.4. The minimum Gasteiger partial charge on any atom is -0.478 e. The molecule has 0 unspecified atom stereocenters. The van der Waals surface area contributed by atoms with Crippen molar-refractivity contribution >= 4 is 17.0 Å². The molecular weight excluding hydrogens is 336 g/mol. The standard InChI is InChI=1S/C17H20N6O3/c1-2-10-3-5-12(6-4-10)23-14-13(8-19-23)20-17(21-15(14)24)22-9-11(7-18-22)16(25)26/h7-10,12H,2-6H2,1H3,(H,25,26)(H,20,21,24). The number of aromatic amines is 1. The van der Waals surface area contributed by atoms with E-state index in [-0.39, 0.29) is 23.1 Å². The number of H-pyrrole nitrogens is 1. The van der Waals surface area contributed by atoms with Gasteiger partial charge in [-0.15, -0.1) is 0 Å². The van der Waals surface area contributed by atoms with Crippen LogP contribution in [0.5, 0.6) is 0 Å². The molecule has 0 amide bonds. The van der Waals surface area contributed by atoms with Gasteiger partial charge in [-0.25, -0.2) is 14.5 Å². The minimum absolute atomic E-state index is 0.0242. The number of nitrogens with one attached hydrogen (secondary N) is 1. The lowest BCUT2D eigenvalue weighted by atomic mass is 9.84. The van der Waals surface area contributed by atoms with Gasteiger partial charge in [-0.3, -0.25) is 14.5 Å².